The zero-order valence-electron chi connectivity index (χ0n) is 32.0. The minimum atomic E-state index is -0.308. The van der Waals surface area contributed by atoms with Gasteiger partial charge >= 0.3 is 5.97 Å². The maximum absolute atomic E-state index is 12.6. The summed E-state index contributed by atoms with van der Waals surface area (Å²) >= 11 is 5.72. The summed E-state index contributed by atoms with van der Waals surface area (Å²) in [5.41, 5.74) is 3.33. The van der Waals surface area contributed by atoms with Gasteiger partial charge in [-0.25, -0.2) is 4.79 Å². The first-order valence-electron chi connectivity index (χ1n) is 20.0. The van der Waals surface area contributed by atoms with Crippen molar-refractivity contribution in [2.45, 2.75) is 149 Å². The van der Waals surface area contributed by atoms with E-state index in [1.807, 2.05) is 18.2 Å². The quantitative estimate of drug-likeness (QED) is 0.0445. The van der Waals surface area contributed by atoms with Gasteiger partial charge in [0, 0.05) is 11.1 Å². The number of ether oxygens (including phenoxy) is 4. The number of esters is 1. The number of hydrogen-bond donors (Lipinski definition) is 0. The van der Waals surface area contributed by atoms with E-state index in [4.69, 9.17) is 31.2 Å². The molecule has 0 amide bonds. The van der Waals surface area contributed by atoms with Crippen LogP contribution in [-0.2, 0) is 4.74 Å². The molecular formula is C45H64O5S. The van der Waals surface area contributed by atoms with Crippen molar-refractivity contribution in [1.82, 2.24) is 0 Å². The molecule has 0 bridgehead atoms. The van der Waals surface area contributed by atoms with Crippen LogP contribution in [0.5, 0.6) is 17.2 Å². The molecule has 0 aromatic heterocycles. The fraction of sp³-hybridized carbons (Fsp3) is 0.556. The average Bonchev–Trinajstić information content (AvgIpc) is 3.15. The van der Waals surface area contributed by atoms with Gasteiger partial charge < -0.3 is 18.9 Å². The van der Waals surface area contributed by atoms with Gasteiger partial charge in [0.2, 0.25) is 0 Å². The van der Waals surface area contributed by atoms with Crippen molar-refractivity contribution in [2.24, 2.45) is 0 Å². The van der Waals surface area contributed by atoms with Crippen LogP contribution in [0.25, 0.3) is 11.1 Å². The van der Waals surface area contributed by atoms with Gasteiger partial charge in [-0.15, -0.1) is 0 Å². The van der Waals surface area contributed by atoms with Crippen LogP contribution in [0.3, 0.4) is 0 Å². The number of carbonyl (C=O) groups is 1. The van der Waals surface area contributed by atoms with Gasteiger partial charge in [0.05, 0.1) is 24.9 Å². The fourth-order valence-electron chi connectivity index (χ4n) is 6.13. The molecule has 0 heterocycles. The molecule has 51 heavy (non-hydrogen) atoms. The van der Waals surface area contributed by atoms with Gasteiger partial charge in [0.1, 0.15) is 17.2 Å². The third kappa shape index (κ3) is 16.2. The van der Waals surface area contributed by atoms with Gasteiger partial charge in [-0.1, -0.05) is 130 Å². The van der Waals surface area contributed by atoms with Gasteiger partial charge in [0.15, 0.2) is 5.05 Å². The number of carbonyl (C=O) groups excluding carboxylic acids is 1. The molecule has 0 radical (unpaired) electrons. The first kappa shape index (κ1) is 42.0. The monoisotopic (exact) mass is 716 g/mol. The molecule has 0 N–H and O–H groups in total. The van der Waals surface area contributed by atoms with Gasteiger partial charge in [-0.2, -0.15) is 0 Å². The third-order valence-electron chi connectivity index (χ3n) is 9.21. The lowest BCUT2D eigenvalue weighted by Crippen LogP contribution is -2.16. The molecule has 3 rings (SSSR count). The van der Waals surface area contributed by atoms with Crippen LogP contribution in [-0.4, -0.2) is 30.3 Å². The lowest BCUT2D eigenvalue weighted by molar-refractivity contribution is 0.0497. The molecule has 3 aromatic rings. The van der Waals surface area contributed by atoms with E-state index >= 15 is 0 Å². The van der Waals surface area contributed by atoms with Crippen molar-refractivity contribution in [3.63, 3.8) is 0 Å². The highest BCUT2D eigenvalue weighted by atomic mass is 32.1. The molecule has 0 fully saturated rings. The summed E-state index contributed by atoms with van der Waals surface area (Å²) in [5, 5.41) is 0.342. The van der Waals surface area contributed by atoms with Crippen LogP contribution in [0.1, 0.15) is 159 Å². The van der Waals surface area contributed by atoms with E-state index < -0.39 is 0 Å². The van der Waals surface area contributed by atoms with Crippen molar-refractivity contribution < 1.29 is 23.7 Å². The Balaban J connectivity index is 1.55. The summed E-state index contributed by atoms with van der Waals surface area (Å²) in [7, 11) is 0. The Bertz CT molecular complexity index is 1380. The van der Waals surface area contributed by atoms with E-state index in [-0.39, 0.29) is 12.1 Å². The molecule has 6 heteroatoms. The Labute approximate surface area is 314 Å². The van der Waals surface area contributed by atoms with Crippen LogP contribution in [0.4, 0.5) is 0 Å². The van der Waals surface area contributed by atoms with Crippen molar-refractivity contribution >= 4 is 23.2 Å². The molecule has 0 spiro atoms. The van der Waals surface area contributed by atoms with Crippen LogP contribution in [0, 0.1) is 0 Å². The average molecular weight is 717 g/mol. The SMILES string of the molecule is CCCCCCCCCCCCOC(=O)c1ccc(OC(=S)c2ccc(-c3ccc(OC(CCC)CCCC)cc3)c(OCCCCC)c2)cc1. The molecule has 5 nitrogen and oxygen atoms in total. The van der Waals surface area contributed by atoms with E-state index in [1.54, 1.807) is 24.3 Å². The van der Waals surface area contributed by atoms with Crippen LogP contribution >= 0.6 is 12.2 Å². The van der Waals surface area contributed by atoms with Gasteiger partial charge in [-0.3, -0.25) is 0 Å². The van der Waals surface area contributed by atoms with E-state index in [0.29, 0.717) is 29.6 Å². The number of benzene rings is 3. The summed E-state index contributed by atoms with van der Waals surface area (Å²) < 4.78 is 24.3. The molecule has 280 valence electrons. The predicted molar refractivity (Wildman–Crippen MR) is 217 cm³/mol. The molecule has 0 saturated heterocycles. The summed E-state index contributed by atoms with van der Waals surface area (Å²) in [5.74, 6) is 1.93. The molecular weight excluding hydrogens is 653 g/mol. The zero-order valence-corrected chi connectivity index (χ0v) is 32.8. The topological polar surface area (TPSA) is 54.0 Å². The van der Waals surface area contributed by atoms with Crippen LogP contribution in [0.2, 0.25) is 0 Å². The number of thiocarbonyl (C=S) groups is 1. The van der Waals surface area contributed by atoms with Gasteiger partial charge in [0.25, 0.3) is 0 Å². The normalized spacial score (nSPS) is 11.6. The zero-order chi connectivity index (χ0) is 36.5. The second-order valence-electron chi connectivity index (χ2n) is 13.7. The standard InChI is InChI=1S/C45H64O5S/c1-5-9-12-13-14-15-16-17-18-20-34-48-44(46)37-25-30-41(31-26-37)50-45(51)38-27-32-42(43(35-38)47-33-19-10-6-2)36-23-28-40(29-24-36)49-39(21-8-4)22-11-7-3/h23-32,35,39H,5-22,33-34H2,1-4H3. The molecule has 0 aliphatic carbocycles. The maximum Gasteiger partial charge on any atom is 0.338 e. The van der Waals surface area contributed by atoms with Crippen molar-refractivity contribution in [1.29, 1.82) is 0 Å². The number of rotatable bonds is 27. The second-order valence-corrected chi connectivity index (χ2v) is 14.1. The fourth-order valence-corrected chi connectivity index (χ4v) is 6.35. The Morgan fingerprint density at radius 1 is 0.588 bits per heavy atom. The first-order chi connectivity index (χ1) is 25.0. The third-order valence-corrected chi connectivity index (χ3v) is 9.53. The Hall–Kier alpha value is -3.38. The highest BCUT2D eigenvalue weighted by Gasteiger charge is 2.15. The minimum Gasteiger partial charge on any atom is -0.493 e. The van der Waals surface area contributed by atoms with Crippen molar-refractivity contribution in [3.8, 4) is 28.4 Å². The summed E-state index contributed by atoms with van der Waals surface area (Å²) in [4.78, 5) is 12.6. The highest BCUT2D eigenvalue weighted by Crippen LogP contribution is 2.33. The van der Waals surface area contributed by atoms with Gasteiger partial charge in [-0.05, 0) is 98.1 Å². The van der Waals surface area contributed by atoms with E-state index in [2.05, 4.69) is 52.0 Å². The Kier molecular flexibility index (Phi) is 21.1. The molecule has 0 aliphatic rings. The molecule has 0 saturated carbocycles. The smallest absolute Gasteiger partial charge is 0.338 e. The summed E-state index contributed by atoms with van der Waals surface area (Å²) in [6.07, 6.45) is 21.6. The second kappa shape index (κ2) is 25.6. The lowest BCUT2D eigenvalue weighted by atomic mass is 10.0. The Morgan fingerprint density at radius 2 is 1.16 bits per heavy atom. The van der Waals surface area contributed by atoms with E-state index in [1.165, 1.54) is 64.2 Å². The molecule has 1 atom stereocenters. The number of unbranched alkanes of at least 4 members (excludes halogenated alkanes) is 12. The predicted octanol–water partition coefficient (Wildman–Crippen LogP) is 13.5. The molecule has 3 aromatic carbocycles. The van der Waals surface area contributed by atoms with Crippen molar-refractivity contribution in [2.75, 3.05) is 13.2 Å². The largest absolute Gasteiger partial charge is 0.493 e. The molecule has 0 aliphatic heterocycles. The minimum absolute atomic E-state index is 0.253. The molecule has 1 unspecified atom stereocenters. The first-order valence-corrected chi connectivity index (χ1v) is 20.4. The van der Waals surface area contributed by atoms with E-state index in [9.17, 15) is 4.79 Å². The maximum atomic E-state index is 12.6. The lowest BCUT2D eigenvalue weighted by Gasteiger charge is -2.19. The summed E-state index contributed by atoms with van der Waals surface area (Å²) in [6.45, 7) is 9.96. The Morgan fingerprint density at radius 3 is 1.80 bits per heavy atom. The van der Waals surface area contributed by atoms with Crippen LogP contribution in [0.15, 0.2) is 66.7 Å². The number of hydrogen-bond acceptors (Lipinski definition) is 6. The van der Waals surface area contributed by atoms with Crippen molar-refractivity contribution in [3.05, 3.63) is 77.9 Å². The van der Waals surface area contributed by atoms with Crippen LogP contribution < -0.4 is 14.2 Å². The highest BCUT2D eigenvalue weighted by molar-refractivity contribution is 7.80. The van der Waals surface area contributed by atoms with E-state index in [0.717, 1.165) is 79.6 Å². The summed E-state index contributed by atoms with van der Waals surface area (Å²) in [6, 6.07) is 21.3.